The van der Waals surface area contributed by atoms with Crippen LogP contribution in [0.3, 0.4) is 0 Å². The minimum atomic E-state index is -0.696. The molecule has 0 bridgehead atoms. The number of aliphatic hydroxyl groups is 1. The molecule has 7 heteroatoms. The number of benzene rings is 2. The van der Waals surface area contributed by atoms with Gasteiger partial charge in [0.05, 0.1) is 24.5 Å². The number of rotatable bonds is 9. The molecule has 170 valence electrons. The highest BCUT2D eigenvalue weighted by atomic mass is 16.5. The summed E-state index contributed by atoms with van der Waals surface area (Å²) in [6.45, 7) is 3.62. The monoisotopic (exact) mass is 445 g/mol. The number of ketones is 1. The van der Waals surface area contributed by atoms with Crippen molar-refractivity contribution in [2.75, 3.05) is 13.2 Å². The number of Topliss-reactive ketones (excluding diaryl/α,β-unsaturated/α-hetero) is 1. The molecule has 1 aromatic heterocycles. The second-order valence-corrected chi connectivity index (χ2v) is 7.93. The van der Waals surface area contributed by atoms with E-state index in [4.69, 9.17) is 4.74 Å². The standard InChI is InChI=1S/C26H27N3O4/c1-2-16-33-21-11-6-10-20(17-21)23-22(24(30)19-8-4-3-5-9-19)25(31)26(32)29(23)14-7-13-28-15-12-27-18-28/h3-6,8-12,15,17-18,23,30H,2,7,13-14,16H2,1H3/b24-22+. The number of hydrogen-bond acceptors (Lipinski definition) is 5. The molecule has 1 saturated heterocycles. The van der Waals surface area contributed by atoms with E-state index >= 15 is 0 Å². The molecule has 1 aliphatic rings. The highest BCUT2D eigenvalue weighted by molar-refractivity contribution is 6.46. The molecule has 2 heterocycles. The number of aliphatic hydroxyl groups excluding tert-OH is 1. The second kappa shape index (κ2) is 10.2. The smallest absolute Gasteiger partial charge is 0.295 e. The van der Waals surface area contributed by atoms with Crippen molar-refractivity contribution in [3.8, 4) is 5.75 Å². The first-order valence-electron chi connectivity index (χ1n) is 11.1. The Labute approximate surface area is 192 Å². The lowest BCUT2D eigenvalue weighted by atomic mass is 9.95. The largest absolute Gasteiger partial charge is 0.507 e. The summed E-state index contributed by atoms with van der Waals surface area (Å²) in [5.41, 5.74) is 1.32. The van der Waals surface area contributed by atoms with Crippen LogP contribution in [0.25, 0.3) is 5.76 Å². The summed E-state index contributed by atoms with van der Waals surface area (Å²) in [5.74, 6) is -0.791. The number of likely N-dealkylation sites (tertiary alicyclic amines) is 1. The molecular formula is C26H27N3O4. The fourth-order valence-electron chi connectivity index (χ4n) is 4.05. The van der Waals surface area contributed by atoms with Gasteiger partial charge in [0.25, 0.3) is 11.7 Å². The van der Waals surface area contributed by atoms with Gasteiger partial charge < -0.3 is 19.3 Å². The van der Waals surface area contributed by atoms with Gasteiger partial charge in [-0.3, -0.25) is 9.59 Å². The molecule has 2 aromatic carbocycles. The minimum absolute atomic E-state index is 0.0986. The van der Waals surface area contributed by atoms with Crippen molar-refractivity contribution in [3.05, 3.63) is 90.0 Å². The highest BCUT2D eigenvalue weighted by Gasteiger charge is 2.45. The van der Waals surface area contributed by atoms with Crippen molar-refractivity contribution in [2.24, 2.45) is 0 Å². The zero-order valence-electron chi connectivity index (χ0n) is 18.6. The van der Waals surface area contributed by atoms with E-state index in [1.165, 1.54) is 0 Å². The van der Waals surface area contributed by atoms with E-state index in [1.807, 2.05) is 48.0 Å². The lowest BCUT2D eigenvalue weighted by Gasteiger charge is -2.25. The average Bonchev–Trinajstić information content (AvgIpc) is 3.45. The molecule has 0 saturated carbocycles. The van der Waals surface area contributed by atoms with E-state index < -0.39 is 17.7 Å². The Bertz CT molecular complexity index is 1140. The zero-order valence-corrected chi connectivity index (χ0v) is 18.6. The van der Waals surface area contributed by atoms with Crippen LogP contribution in [0.2, 0.25) is 0 Å². The predicted octanol–water partition coefficient (Wildman–Crippen LogP) is 4.18. The third-order valence-electron chi connectivity index (χ3n) is 5.61. The zero-order chi connectivity index (χ0) is 23.2. The Morgan fingerprint density at radius 3 is 2.64 bits per heavy atom. The lowest BCUT2D eigenvalue weighted by Crippen LogP contribution is -2.31. The summed E-state index contributed by atoms with van der Waals surface area (Å²) < 4.78 is 7.70. The van der Waals surface area contributed by atoms with Gasteiger partial charge in [0.1, 0.15) is 11.5 Å². The SMILES string of the molecule is CCCOc1cccc(C2/C(=C(\O)c3ccccc3)C(=O)C(=O)N2CCCn2ccnc2)c1. The molecule has 7 nitrogen and oxygen atoms in total. The van der Waals surface area contributed by atoms with Gasteiger partial charge in [-0.25, -0.2) is 4.98 Å². The van der Waals surface area contributed by atoms with Crippen LogP contribution in [0.1, 0.15) is 36.9 Å². The lowest BCUT2D eigenvalue weighted by molar-refractivity contribution is -0.139. The topological polar surface area (TPSA) is 84.7 Å². The molecule has 4 rings (SSSR count). The van der Waals surface area contributed by atoms with Crippen molar-refractivity contribution in [1.82, 2.24) is 14.5 Å². The first kappa shape index (κ1) is 22.3. The second-order valence-electron chi connectivity index (χ2n) is 7.93. The van der Waals surface area contributed by atoms with Crippen LogP contribution in [0.5, 0.6) is 5.75 Å². The Balaban J connectivity index is 1.72. The molecule has 1 unspecified atom stereocenters. The fraction of sp³-hybridized carbons (Fsp3) is 0.269. The van der Waals surface area contributed by atoms with Gasteiger partial charge in [-0.05, 0) is 30.5 Å². The van der Waals surface area contributed by atoms with Crippen LogP contribution in [0.4, 0.5) is 0 Å². The summed E-state index contributed by atoms with van der Waals surface area (Å²) in [4.78, 5) is 31.8. The van der Waals surface area contributed by atoms with E-state index in [0.717, 1.165) is 12.0 Å². The minimum Gasteiger partial charge on any atom is -0.507 e. The van der Waals surface area contributed by atoms with Gasteiger partial charge in [-0.2, -0.15) is 0 Å². The maximum Gasteiger partial charge on any atom is 0.295 e. The molecule has 3 aromatic rings. The number of carbonyl (C=O) groups excluding carboxylic acids is 2. The normalized spacial score (nSPS) is 17.5. The number of aryl methyl sites for hydroxylation is 1. The van der Waals surface area contributed by atoms with Gasteiger partial charge in [0, 0.05) is 31.0 Å². The van der Waals surface area contributed by atoms with Crippen molar-refractivity contribution in [1.29, 1.82) is 0 Å². The molecule has 1 aliphatic heterocycles. The third-order valence-corrected chi connectivity index (χ3v) is 5.61. The molecule has 1 N–H and O–H groups in total. The van der Waals surface area contributed by atoms with E-state index in [1.54, 1.807) is 41.7 Å². The number of ether oxygens (including phenoxy) is 1. The van der Waals surface area contributed by atoms with Gasteiger partial charge in [0.2, 0.25) is 0 Å². The Morgan fingerprint density at radius 2 is 1.91 bits per heavy atom. The van der Waals surface area contributed by atoms with E-state index in [-0.39, 0.29) is 11.3 Å². The quantitative estimate of drug-likeness (QED) is 0.303. The van der Waals surface area contributed by atoms with Gasteiger partial charge in [-0.1, -0.05) is 49.4 Å². The molecule has 0 aliphatic carbocycles. The maximum absolute atomic E-state index is 13.1. The first-order chi connectivity index (χ1) is 16.1. The van der Waals surface area contributed by atoms with Gasteiger partial charge in [0.15, 0.2) is 0 Å². The predicted molar refractivity (Wildman–Crippen MR) is 125 cm³/mol. The number of imidazole rings is 1. The van der Waals surface area contributed by atoms with Crippen LogP contribution in [0.15, 0.2) is 78.9 Å². The average molecular weight is 446 g/mol. The maximum atomic E-state index is 13.1. The third kappa shape index (κ3) is 4.82. The number of hydrogen-bond donors (Lipinski definition) is 1. The van der Waals surface area contributed by atoms with E-state index in [0.29, 0.717) is 37.4 Å². The van der Waals surface area contributed by atoms with Crippen LogP contribution in [-0.2, 0) is 16.1 Å². The summed E-state index contributed by atoms with van der Waals surface area (Å²) >= 11 is 0. The number of aromatic nitrogens is 2. The fourth-order valence-corrected chi connectivity index (χ4v) is 4.05. The molecule has 1 atom stereocenters. The number of nitrogens with zero attached hydrogens (tertiary/aromatic N) is 3. The highest BCUT2D eigenvalue weighted by Crippen LogP contribution is 2.40. The molecule has 1 amide bonds. The van der Waals surface area contributed by atoms with Gasteiger partial charge in [-0.15, -0.1) is 0 Å². The Kier molecular flexibility index (Phi) is 6.88. The molecule has 1 fully saturated rings. The molecule has 0 spiro atoms. The molecule has 33 heavy (non-hydrogen) atoms. The van der Waals surface area contributed by atoms with Crippen LogP contribution >= 0.6 is 0 Å². The molecule has 0 radical (unpaired) electrons. The first-order valence-corrected chi connectivity index (χ1v) is 11.1. The summed E-state index contributed by atoms with van der Waals surface area (Å²) in [7, 11) is 0. The molecular weight excluding hydrogens is 418 g/mol. The Morgan fingerprint density at radius 1 is 1.09 bits per heavy atom. The number of amides is 1. The summed E-state index contributed by atoms with van der Waals surface area (Å²) in [5, 5.41) is 11.1. The van der Waals surface area contributed by atoms with Crippen LogP contribution < -0.4 is 4.74 Å². The summed E-state index contributed by atoms with van der Waals surface area (Å²) in [6.07, 6.45) is 6.78. The Hall–Kier alpha value is -3.87. The van der Waals surface area contributed by atoms with Gasteiger partial charge >= 0.3 is 0 Å². The number of carbonyl (C=O) groups is 2. The van der Waals surface area contributed by atoms with E-state index in [9.17, 15) is 14.7 Å². The van der Waals surface area contributed by atoms with Crippen molar-refractivity contribution in [2.45, 2.75) is 32.4 Å². The summed E-state index contributed by atoms with van der Waals surface area (Å²) in [6, 6.07) is 15.5. The van der Waals surface area contributed by atoms with Crippen molar-refractivity contribution < 1.29 is 19.4 Å². The van der Waals surface area contributed by atoms with Crippen molar-refractivity contribution in [3.63, 3.8) is 0 Å². The van der Waals surface area contributed by atoms with E-state index in [2.05, 4.69) is 4.98 Å². The van der Waals surface area contributed by atoms with Crippen molar-refractivity contribution >= 4 is 17.4 Å². The van der Waals surface area contributed by atoms with Crippen LogP contribution in [-0.4, -0.2) is 44.4 Å². The van der Waals surface area contributed by atoms with Crippen LogP contribution in [0, 0.1) is 0 Å².